The molecular weight excluding hydrogens is 512 g/mol. The van der Waals surface area contributed by atoms with Gasteiger partial charge in [-0.3, -0.25) is 4.79 Å². The van der Waals surface area contributed by atoms with E-state index in [4.69, 9.17) is 9.84 Å². The topological polar surface area (TPSA) is 76.5 Å². The van der Waals surface area contributed by atoms with Gasteiger partial charge >= 0.3 is 6.09 Å². The van der Waals surface area contributed by atoms with E-state index in [9.17, 15) is 9.59 Å². The van der Waals surface area contributed by atoms with E-state index in [1.54, 1.807) is 0 Å². The van der Waals surface area contributed by atoms with Gasteiger partial charge in [0.1, 0.15) is 11.1 Å². The summed E-state index contributed by atoms with van der Waals surface area (Å²) in [6.07, 6.45) is 11.3. The van der Waals surface area contributed by atoms with Crippen molar-refractivity contribution in [3.05, 3.63) is 84.1 Å². The Bertz CT molecular complexity index is 1500. The molecule has 0 spiro atoms. The molecule has 2 amide bonds. The Labute approximate surface area is 243 Å². The highest BCUT2D eigenvalue weighted by Gasteiger charge is 2.38. The maximum absolute atomic E-state index is 13.4. The Balaban J connectivity index is 1.31. The van der Waals surface area contributed by atoms with Crippen LogP contribution in [0.25, 0.3) is 16.6 Å². The molecule has 0 saturated carbocycles. The van der Waals surface area contributed by atoms with Crippen molar-refractivity contribution in [2.45, 2.75) is 71.9 Å². The molecule has 2 atom stereocenters. The number of piperidine rings is 1. The molecule has 1 aromatic heterocycles. The lowest BCUT2D eigenvalue weighted by atomic mass is 9.69. The quantitative estimate of drug-likeness (QED) is 0.363. The molecule has 7 nitrogen and oxygen atoms in total. The number of carbonyl (C=O) groups is 2. The fraction of sp³-hybridized carbons (Fsp3) is 0.441. The number of amides is 2. The number of hydrogen-bond acceptors (Lipinski definition) is 4. The first-order chi connectivity index (χ1) is 19.3. The van der Waals surface area contributed by atoms with Crippen LogP contribution in [0.2, 0.25) is 0 Å². The highest BCUT2D eigenvalue weighted by Crippen LogP contribution is 2.42. The van der Waals surface area contributed by atoms with Crippen LogP contribution in [0.3, 0.4) is 0 Å². The van der Waals surface area contributed by atoms with Gasteiger partial charge in [0.15, 0.2) is 0 Å². The van der Waals surface area contributed by atoms with Gasteiger partial charge in [0.2, 0.25) is 0 Å². The molecule has 0 radical (unpaired) electrons. The monoisotopic (exact) mass is 554 g/mol. The van der Waals surface area contributed by atoms with Gasteiger partial charge in [-0.2, -0.15) is 5.10 Å². The second-order valence-electron chi connectivity index (χ2n) is 13.2. The third kappa shape index (κ3) is 6.24. The number of aromatic nitrogens is 2. The minimum Gasteiger partial charge on any atom is -0.444 e. The Morgan fingerprint density at radius 2 is 1.80 bits per heavy atom. The first-order valence-electron chi connectivity index (χ1n) is 14.6. The zero-order valence-corrected chi connectivity index (χ0v) is 25.1. The normalized spacial score (nSPS) is 21.5. The molecule has 2 heterocycles. The van der Waals surface area contributed by atoms with Crippen LogP contribution in [0.5, 0.6) is 0 Å². The summed E-state index contributed by atoms with van der Waals surface area (Å²) in [6, 6.07) is 15.7. The van der Waals surface area contributed by atoms with E-state index < -0.39 is 11.1 Å². The summed E-state index contributed by atoms with van der Waals surface area (Å²) in [6.45, 7) is 13.4. The molecule has 1 N–H and O–H groups in total. The number of likely N-dealkylation sites (tertiary alicyclic amines) is 1. The van der Waals surface area contributed by atoms with Crippen molar-refractivity contribution in [1.82, 2.24) is 20.0 Å². The molecule has 1 aliphatic carbocycles. The van der Waals surface area contributed by atoms with Gasteiger partial charge in [0.25, 0.3) is 5.91 Å². The van der Waals surface area contributed by atoms with Gasteiger partial charge in [-0.1, -0.05) is 61.5 Å². The van der Waals surface area contributed by atoms with Crippen LogP contribution in [0, 0.1) is 11.3 Å². The summed E-state index contributed by atoms with van der Waals surface area (Å²) >= 11 is 0. The van der Waals surface area contributed by atoms with Crippen LogP contribution in [0.15, 0.2) is 73.0 Å². The smallest absolute Gasteiger partial charge is 0.410 e. The summed E-state index contributed by atoms with van der Waals surface area (Å²) in [5, 5.41) is 8.96. The largest absolute Gasteiger partial charge is 0.444 e. The second kappa shape index (κ2) is 10.8. The van der Waals surface area contributed by atoms with E-state index in [-0.39, 0.29) is 17.4 Å². The number of fused-ring (bicyclic) bond motifs is 1. The number of carbonyl (C=O) groups excluding carboxylic acids is 2. The first-order valence-corrected chi connectivity index (χ1v) is 14.6. The predicted octanol–water partition coefficient (Wildman–Crippen LogP) is 7.16. The number of allylic oxidation sites excluding steroid dienone is 4. The first kappa shape index (κ1) is 28.7. The van der Waals surface area contributed by atoms with Crippen LogP contribution in [-0.2, 0) is 10.3 Å². The Morgan fingerprint density at radius 3 is 2.49 bits per heavy atom. The zero-order valence-electron chi connectivity index (χ0n) is 25.1. The number of nitrogens with one attached hydrogen (secondary N) is 1. The van der Waals surface area contributed by atoms with Crippen molar-refractivity contribution in [3.8, 4) is 0 Å². The van der Waals surface area contributed by atoms with E-state index in [1.807, 2.05) is 98.9 Å². The van der Waals surface area contributed by atoms with Crippen LogP contribution in [0.4, 0.5) is 4.79 Å². The van der Waals surface area contributed by atoms with Crippen molar-refractivity contribution >= 4 is 28.6 Å². The molecular formula is C34H42N4O3. The van der Waals surface area contributed by atoms with Gasteiger partial charge < -0.3 is 15.0 Å². The number of benzene rings is 2. The molecule has 0 bridgehead atoms. The van der Waals surface area contributed by atoms with Gasteiger partial charge in [-0.15, -0.1) is 0 Å². The van der Waals surface area contributed by atoms with Crippen molar-refractivity contribution in [2.75, 3.05) is 13.1 Å². The molecule has 1 saturated heterocycles. The van der Waals surface area contributed by atoms with Gasteiger partial charge in [-0.25, -0.2) is 9.48 Å². The highest BCUT2D eigenvalue weighted by molar-refractivity contribution is 6.05. The van der Waals surface area contributed by atoms with Crippen LogP contribution < -0.4 is 5.32 Å². The van der Waals surface area contributed by atoms with Crippen molar-refractivity contribution in [2.24, 2.45) is 11.3 Å². The van der Waals surface area contributed by atoms with Gasteiger partial charge in [0.05, 0.1) is 16.8 Å². The predicted molar refractivity (Wildman–Crippen MR) is 163 cm³/mol. The molecule has 1 fully saturated rings. The van der Waals surface area contributed by atoms with Gasteiger partial charge in [-0.05, 0) is 82.9 Å². The van der Waals surface area contributed by atoms with Crippen molar-refractivity contribution in [1.29, 1.82) is 0 Å². The van der Waals surface area contributed by atoms with Crippen LogP contribution in [-0.4, -0.2) is 45.4 Å². The highest BCUT2D eigenvalue weighted by atomic mass is 16.6. The number of nitrogens with zero attached hydrogens (tertiary/aromatic N) is 3. The molecule has 216 valence electrons. The standard InChI is InChI=1S/C34H42N4O3/c1-32(2,3)41-31(40)37-21-11-15-26(23-37)34(6)19-17-27(18-20-34)38-22-24-12-10-16-28(29(24)36-38)30(39)35-33(4,5)25-13-8-7-9-14-25/h7-10,12-14,16-19,22,26H,11,15,20-21,23H2,1-6H3,(H,35,39)/t26-,34?/m1/s1. The molecule has 2 aliphatic rings. The molecule has 5 rings (SSSR count). The van der Waals surface area contributed by atoms with Crippen molar-refractivity contribution in [3.63, 3.8) is 0 Å². The minimum atomic E-state index is -0.527. The van der Waals surface area contributed by atoms with E-state index in [0.717, 1.165) is 42.5 Å². The molecule has 41 heavy (non-hydrogen) atoms. The number of hydrogen-bond donors (Lipinski definition) is 1. The average molecular weight is 555 g/mol. The Morgan fingerprint density at radius 1 is 1.05 bits per heavy atom. The fourth-order valence-corrected chi connectivity index (χ4v) is 5.86. The summed E-state index contributed by atoms with van der Waals surface area (Å²) in [5.41, 5.74) is 2.16. The summed E-state index contributed by atoms with van der Waals surface area (Å²) in [5.74, 6) is 0.195. The molecule has 1 aliphatic heterocycles. The lowest BCUT2D eigenvalue weighted by molar-refractivity contribution is 0.00967. The van der Waals surface area contributed by atoms with Crippen LogP contribution >= 0.6 is 0 Å². The maximum Gasteiger partial charge on any atom is 0.410 e. The lowest BCUT2D eigenvalue weighted by Crippen LogP contribution is -2.46. The SMILES string of the molecule is CC(C)(C)OC(=O)N1CCC[C@@H](C2(C)C=CC(n3cc4cccc(C(=O)NC(C)(C)c5ccccc5)c4n3)=CC2)C1. The second-order valence-corrected chi connectivity index (χ2v) is 13.2. The molecule has 2 aromatic carbocycles. The van der Waals surface area contributed by atoms with Crippen LogP contribution in [0.1, 0.15) is 76.7 Å². The Kier molecular flexibility index (Phi) is 7.58. The summed E-state index contributed by atoms with van der Waals surface area (Å²) in [7, 11) is 0. The van der Waals surface area contributed by atoms with Gasteiger partial charge in [0, 0.05) is 24.7 Å². The van der Waals surface area contributed by atoms with E-state index >= 15 is 0 Å². The third-order valence-corrected chi connectivity index (χ3v) is 8.36. The fourth-order valence-electron chi connectivity index (χ4n) is 5.86. The van der Waals surface area contributed by atoms with E-state index in [1.165, 1.54) is 0 Å². The van der Waals surface area contributed by atoms with E-state index in [2.05, 4.69) is 30.5 Å². The average Bonchev–Trinajstić information content (AvgIpc) is 3.37. The third-order valence-electron chi connectivity index (χ3n) is 8.36. The summed E-state index contributed by atoms with van der Waals surface area (Å²) < 4.78 is 7.51. The molecule has 1 unspecified atom stereocenters. The maximum atomic E-state index is 13.4. The Hall–Kier alpha value is -3.87. The molecule has 7 heteroatoms. The molecule has 3 aromatic rings. The number of rotatable bonds is 5. The lowest BCUT2D eigenvalue weighted by Gasteiger charge is -2.42. The minimum absolute atomic E-state index is 0.0647. The van der Waals surface area contributed by atoms with Crippen molar-refractivity contribution < 1.29 is 14.3 Å². The summed E-state index contributed by atoms with van der Waals surface area (Å²) in [4.78, 5) is 28.0. The number of ether oxygens (including phenoxy) is 1. The van der Waals surface area contributed by atoms with E-state index in [0.29, 0.717) is 23.5 Å². The zero-order chi connectivity index (χ0) is 29.4.